The van der Waals surface area contributed by atoms with Crippen molar-refractivity contribution in [1.29, 1.82) is 0 Å². The molecule has 20 heavy (non-hydrogen) atoms. The molecule has 0 saturated carbocycles. The first-order chi connectivity index (χ1) is 9.45. The number of hydrogen-bond acceptors (Lipinski definition) is 3. The first-order valence-corrected chi connectivity index (χ1v) is 6.89. The summed E-state index contributed by atoms with van der Waals surface area (Å²) in [5.41, 5.74) is 0.103. The van der Waals surface area contributed by atoms with E-state index < -0.39 is 5.60 Å². The van der Waals surface area contributed by atoms with Crippen LogP contribution < -0.4 is 4.74 Å². The van der Waals surface area contributed by atoms with Crippen molar-refractivity contribution in [3.63, 3.8) is 0 Å². The molecule has 0 aliphatic rings. The molecule has 0 spiro atoms. The Hall–Kier alpha value is -1.58. The number of fused-ring (bicyclic) bond motifs is 1. The van der Waals surface area contributed by atoms with E-state index in [-0.39, 0.29) is 0 Å². The molecule has 0 heterocycles. The zero-order valence-corrected chi connectivity index (χ0v) is 12.7. The lowest BCUT2D eigenvalue weighted by Crippen LogP contribution is -2.27. The predicted octanol–water partition coefficient (Wildman–Crippen LogP) is 3.01. The van der Waals surface area contributed by atoms with Crippen molar-refractivity contribution in [2.24, 2.45) is 0 Å². The SMILES string of the molecule is COc1ccc(C(C)(O)CCN(C)C)c2ccccc12. The molecule has 1 atom stereocenters. The molecule has 0 saturated heterocycles. The number of aliphatic hydroxyl groups is 1. The molecule has 1 N–H and O–H groups in total. The molecule has 0 radical (unpaired) electrons. The van der Waals surface area contributed by atoms with Crippen LogP contribution >= 0.6 is 0 Å². The molecular formula is C17H23NO2. The first-order valence-electron chi connectivity index (χ1n) is 6.89. The fourth-order valence-electron chi connectivity index (χ4n) is 2.50. The number of methoxy groups -OCH3 is 1. The quantitative estimate of drug-likeness (QED) is 0.909. The van der Waals surface area contributed by atoms with Crippen LogP contribution in [-0.4, -0.2) is 37.8 Å². The van der Waals surface area contributed by atoms with Gasteiger partial charge in [-0.25, -0.2) is 0 Å². The lowest BCUT2D eigenvalue weighted by Gasteiger charge is -2.27. The van der Waals surface area contributed by atoms with E-state index in [2.05, 4.69) is 4.90 Å². The Morgan fingerprint density at radius 1 is 1.10 bits per heavy atom. The smallest absolute Gasteiger partial charge is 0.126 e. The van der Waals surface area contributed by atoms with Crippen molar-refractivity contribution < 1.29 is 9.84 Å². The second-order valence-electron chi connectivity index (χ2n) is 5.69. The molecule has 2 rings (SSSR count). The van der Waals surface area contributed by atoms with Gasteiger partial charge in [-0.05, 0) is 44.5 Å². The highest BCUT2D eigenvalue weighted by Gasteiger charge is 2.25. The highest BCUT2D eigenvalue weighted by atomic mass is 16.5. The Kier molecular flexibility index (Phi) is 4.31. The van der Waals surface area contributed by atoms with Gasteiger partial charge in [-0.1, -0.05) is 30.3 Å². The van der Waals surface area contributed by atoms with E-state index in [1.165, 1.54) is 0 Å². The third-order valence-electron chi connectivity index (χ3n) is 3.73. The topological polar surface area (TPSA) is 32.7 Å². The molecule has 0 aromatic heterocycles. The van der Waals surface area contributed by atoms with E-state index in [1.54, 1.807) is 7.11 Å². The van der Waals surface area contributed by atoms with Gasteiger partial charge in [-0.3, -0.25) is 0 Å². The Morgan fingerprint density at radius 3 is 2.35 bits per heavy atom. The normalized spacial score (nSPS) is 14.5. The molecule has 0 aliphatic heterocycles. The van der Waals surface area contributed by atoms with Crippen LogP contribution in [0.15, 0.2) is 36.4 Å². The van der Waals surface area contributed by atoms with Crippen molar-refractivity contribution in [1.82, 2.24) is 4.90 Å². The second kappa shape index (κ2) is 5.81. The maximum absolute atomic E-state index is 10.8. The van der Waals surface area contributed by atoms with Crippen molar-refractivity contribution in [3.05, 3.63) is 42.0 Å². The monoisotopic (exact) mass is 273 g/mol. The maximum Gasteiger partial charge on any atom is 0.126 e. The molecule has 0 bridgehead atoms. The van der Waals surface area contributed by atoms with Crippen molar-refractivity contribution in [2.75, 3.05) is 27.7 Å². The van der Waals surface area contributed by atoms with Crippen molar-refractivity contribution in [2.45, 2.75) is 18.9 Å². The van der Waals surface area contributed by atoms with Gasteiger partial charge in [-0.15, -0.1) is 0 Å². The Bertz CT molecular complexity index is 591. The summed E-state index contributed by atoms with van der Waals surface area (Å²) in [6.07, 6.45) is 0.691. The van der Waals surface area contributed by atoms with Crippen LogP contribution in [-0.2, 0) is 5.60 Å². The van der Waals surface area contributed by atoms with Gasteiger partial charge in [0.05, 0.1) is 12.7 Å². The minimum absolute atomic E-state index is 0.691. The van der Waals surface area contributed by atoms with Gasteiger partial charge in [0.25, 0.3) is 0 Å². The molecule has 108 valence electrons. The van der Waals surface area contributed by atoms with E-state index in [1.807, 2.05) is 57.4 Å². The third-order valence-corrected chi connectivity index (χ3v) is 3.73. The van der Waals surface area contributed by atoms with Gasteiger partial charge in [0.1, 0.15) is 5.75 Å². The summed E-state index contributed by atoms with van der Waals surface area (Å²) in [7, 11) is 5.70. The molecule has 3 nitrogen and oxygen atoms in total. The van der Waals surface area contributed by atoms with Gasteiger partial charge in [0.2, 0.25) is 0 Å². The average molecular weight is 273 g/mol. The number of benzene rings is 2. The summed E-state index contributed by atoms with van der Waals surface area (Å²) in [4.78, 5) is 2.08. The molecule has 2 aromatic rings. The average Bonchev–Trinajstić information content (AvgIpc) is 2.44. The molecule has 1 unspecified atom stereocenters. The highest BCUT2D eigenvalue weighted by molar-refractivity contribution is 5.91. The van der Waals surface area contributed by atoms with Crippen LogP contribution in [0.1, 0.15) is 18.9 Å². The van der Waals surface area contributed by atoms with Gasteiger partial charge in [0, 0.05) is 11.9 Å². The largest absolute Gasteiger partial charge is 0.496 e. The van der Waals surface area contributed by atoms with E-state index in [9.17, 15) is 5.11 Å². The van der Waals surface area contributed by atoms with Gasteiger partial charge >= 0.3 is 0 Å². The third kappa shape index (κ3) is 2.94. The van der Waals surface area contributed by atoms with Crippen LogP contribution in [0.2, 0.25) is 0 Å². The van der Waals surface area contributed by atoms with Crippen LogP contribution in [0.3, 0.4) is 0 Å². The summed E-state index contributed by atoms with van der Waals surface area (Å²) in [6.45, 7) is 2.72. The minimum atomic E-state index is -0.851. The summed E-state index contributed by atoms with van der Waals surface area (Å²) in [6, 6.07) is 12.0. The molecule has 0 fully saturated rings. The Balaban J connectivity index is 2.49. The molecule has 0 amide bonds. The van der Waals surface area contributed by atoms with Crippen LogP contribution in [0, 0.1) is 0 Å². The zero-order chi connectivity index (χ0) is 14.8. The zero-order valence-electron chi connectivity index (χ0n) is 12.7. The van der Waals surface area contributed by atoms with E-state index in [0.717, 1.165) is 28.6 Å². The number of ether oxygens (including phenoxy) is 1. The number of hydrogen-bond donors (Lipinski definition) is 1. The van der Waals surface area contributed by atoms with Gasteiger partial charge in [-0.2, -0.15) is 0 Å². The maximum atomic E-state index is 10.8. The lowest BCUT2D eigenvalue weighted by molar-refractivity contribution is 0.0420. The standard InChI is InChI=1S/C17H23NO2/c1-17(19,11-12-18(2)3)15-9-10-16(20-4)14-8-6-5-7-13(14)15/h5-10,19H,11-12H2,1-4H3. The van der Waals surface area contributed by atoms with E-state index in [4.69, 9.17) is 4.74 Å². The molecule has 0 aliphatic carbocycles. The van der Waals surface area contributed by atoms with Gasteiger partial charge < -0.3 is 14.7 Å². The molecule has 3 heteroatoms. The second-order valence-corrected chi connectivity index (χ2v) is 5.69. The predicted molar refractivity (Wildman–Crippen MR) is 83.2 cm³/mol. The molecular weight excluding hydrogens is 250 g/mol. The summed E-state index contributed by atoms with van der Waals surface area (Å²) >= 11 is 0. The van der Waals surface area contributed by atoms with Crippen LogP contribution in [0.25, 0.3) is 10.8 Å². The van der Waals surface area contributed by atoms with Gasteiger partial charge in [0.15, 0.2) is 0 Å². The Labute approximate surface area is 120 Å². The molecule has 2 aromatic carbocycles. The van der Waals surface area contributed by atoms with Crippen molar-refractivity contribution >= 4 is 10.8 Å². The van der Waals surface area contributed by atoms with E-state index >= 15 is 0 Å². The number of rotatable bonds is 5. The fourth-order valence-corrected chi connectivity index (χ4v) is 2.50. The highest BCUT2D eigenvalue weighted by Crippen LogP contribution is 2.35. The Morgan fingerprint density at radius 2 is 1.75 bits per heavy atom. The minimum Gasteiger partial charge on any atom is -0.496 e. The van der Waals surface area contributed by atoms with Crippen molar-refractivity contribution in [3.8, 4) is 5.75 Å². The van der Waals surface area contributed by atoms with Crippen LogP contribution in [0.5, 0.6) is 5.75 Å². The fraction of sp³-hybridized carbons (Fsp3) is 0.412. The summed E-state index contributed by atoms with van der Waals surface area (Å²) in [5.74, 6) is 0.841. The number of nitrogens with zero attached hydrogens (tertiary/aromatic N) is 1. The summed E-state index contributed by atoms with van der Waals surface area (Å²) < 4.78 is 5.40. The first kappa shape index (κ1) is 14.8. The summed E-state index contributed by atoms with van der Waals surface area (Å²) in [5, 5.41) is 12.9. The lowest BCUT2D eigenvalue weighted by atomic mass is 9.88. The van der Waals surface area contributed by atoms with E-state index in [0.29, 0.717) is 6.42 Å². The van der Waals surface area contributed by atoms with Crippen LogP contribution in [0.4, 0.5) is 0 Å².